The van der Waals surface area contributed by atoms with Crippen LogP contribution in [0.2, 0.25) is 0 Å². The quantitative estimate of drug-likeness (QED) is 0.420. The number of rotatable bonds is 9. The van der Waals surface area contributed by atoms with Crippen LogP contribution in [-0.2, 0) is 9.53 Å². The van der Waals surface area contributed by atoms with Gasteiger partial charge in [0, 0.05) is 17.6 Å². The van der Waals surface area contributed by atoms with Crippen LogP contribution < -0.4 is 20.3 Å². The van der Waals surface area contributed by atoms with Crippen molar-refractivity contribution in [2.75, 3.05) is 26.4 Å². The first kappa shape index (κ1) is 21.1. The van der Waals surface area contributed by atoms with Crippen LogP contribution in [0.3, 0.4) is 0 Å². The van der Waals surface area contributed by atoms with Crippen molar-refractivity contribution in [1.82, 2.24) is 10.9 Å². The number of fused-ring (bicyclic) bond motifs is 1. The van der Waals surface area contributed by atoms with Crippen molar-refractivity contribution in [3.8, 4) is 11.5 Å². The minimum atomic E-state index is -0.466. The molecule has 3 rings (SSSR count). The molecule has 2 N–H and O–H groups in total. The average Bonchev–Trinajstić information content (AvgIpc) is 2.79. The van der Waals surface area contributed by atoms with E-state index in [0.717, 1.165) is 10.8 Å². The molecule has 7 heteroatoms. The second-order valence-corrected chi connectivity index (χ2v) is 6.34. The van der Waals surface area contributed by atoms with Gasteiger partial charge in [0.25, 0.3) is 11.8 Å². The van der Waals surface area contributed by atoms with Gasteiger partial charge in [0.05, 0.1) is 6.61 Å². The van der Waals surface area contributed by atoms with E-state index in [2.05, 4.69) is 10.9 Å². The van der Waals surface area contributed by atoms with Crippen LogP contribution in [0.15, 0.2) is 66.7 Å². The summed E-state index contributed by atoms with van der Waals surface area (Å²) in [5.74, 6) is 0.342. The lowest BCUT2D eigenvalue weighted by Crippen LogP contribution is -2.43. The minimum Gasteiger partial charge on any atom is -0.491 e. The predicted octanol–water partition coefficient (Wildman–Crippen LogP) is 3.10. The third kappa shape index (κ3) is 5.96. The van der Waals surface area contributed by atoms with Gasteiger partial charge in [-0.2, -0.15) is 0 Å². The van der Waals surface area contributed by atoms with E-state index in [4.69, 9.17) is 14.2 Å². The molecule has 3 aromatic carbocycles. The van der Waals surface area contributed by atoms with Crippen LogP contribution in [0.5, 0.6) is 11.5 Å². The number of benzene rings is 3. The van der Waals surface area contributed by atoms with Crippen LogP contribution in [0.1, 0.15) is 17.3 Å². The summed E-state index contributed by atoms with van der Waals surface area (Å²) in [6.07, 6.45) is 0. The van der Waals surface area contributed by atoms with Crippen molar-refractivity contribution in [1.29, 1.82) is 0 Å². The van der Waals surface area contributed by atoms with Crippen LogP contribution in [-0.4, -0.2) is 38.2 Å². The van der Waals surface area contributed by atoms with E-state index < -0.39 is 11.8 Å². The molecule has 0 spiro atoms. The zero-order valence-corrected chi connectivity index (χ0v) is 16.7. The fraction of sp³-hybridized carbons (Fsp3) is 0.217. The smallest absolute Gasteiger partial charge is 0.276 e. The number of nitrogens with one attached hydrogen (secondary N) is 2. The third-order valence-corrected chi connectivity index (χ3v) is 4.24. The molecule has 7 nitrogen and oxygen atoms in total. The zero-order valence-electron chi connectivity index (χ0n) is 16.7. The molecule has 2 amide bonds. The molecule has 0 saturated heterocycles. The number of hydrogen-bond acceptors (Lipinski definition) is 5. The molecule has 0 unspecified atom stereocenters. The highest BCUT2D eigenvalue weighted by atomic mass is 16.5. The normalized spacial score (nSPS) is 10.4. The lowest BCUT2D eigenvalue weighted by Gasteiger charge is -2.11. The number of carbonyl (C=O) groups is 2. The Bertz CT molecular complexity index is 983. The Hall–Kier alpha value is -3.58. The Kier molecular flexibility index (Phi) is 7.63. The van der Waals surface area contributed by atoms with Crippen molar-refractivity contribution in [3.63, 3.8) is 0 Å². The van der Waals surface area contributed by atoms with Crippen molar-refractivity contribution in [2.45, 2.75) is 6.92 Å². The molecule has 0 atom stereocenters. The first-order chi connectivity index (χ1) is 14.7. The van der Waals surface area contributed by atoms with Crippen molar-refractivity contribution >= 4 is 22.6 Å². The first-order valence-corrected chi connectivity index (χ1v) is 9.67. The molecule has 0 saturated carbocycles. The van der Waals surface area contributed by atoms with Crippen LogP contribution in [0.4, 0.5) is 0 Å². The fourth-order valence-electron chi connectivity index (χ4n) is 2.76. The van der Waals surface area contributed by atoms with Gasteiger partial charge in [-0.15, -0.1) is 0 Å². The molecular weight excluding hydrogens is 384 g/mol. The number of hydrazine groups is 1. The number of carbonyl (C=O) groups excluding carboxylic acids is 2. The van der Waals surface area contributed by atoms with Gasteiger partial charge in [-0.3, -0.25) is 20.4 Å². The Morgan fingerprint density at radius 1 is 0.833 bits per heavy atom. The van der Waals surface area contributed by atoms with Crippen LogP contribution in [0.25, 0.3) is 10.8 Å². The van der Waals surface area contributed by atoms with Gasteiger partial charge in [0.2, 0.25) is 0 Å². The van der Waals surface area contributed by atoms with Gasteiger partial charge in [0.15, 0.2) is 6.61 Å². The van der Waals surface area contributed by atoms with E-state index in [1.807, 2.05) is 43.3 Å². The van der Waals surface area contributed by atoms with E-state index >= 15 is 0 Å². The minimum absolute atomic E-state index is 0.221. The zero-order chi connectivity index (χ0) is 21.2. The summed E-state index contributed by atoms with van der Waals surface area (Å²) >= 11 is 0. The molecule has 156 valence electrons. The third-order valence-electron chi connectivity index (χ3n) is 4.24. The maximum atomic E-state index is 12.2. The summed E-state index contributed by atoms with van der Waals surface area (Å²) in [5, 5.41) is 1.94. The largest absolute Gasteiger partial charge is 0.491 e. The van der Waals surface area contributed by atoms with Crippen LogP contribution >= 0.6 is 0 Å². The maximum Gasteiger partial charge on any atom is 0.276 e. The lowest BCUT2D eigenvalue weighted by molar-refractivity contribution is -0.123. The van der Waals surface area contributed by atoms with Gasteiger partial charge in [-0.25, -0.2) is 0 Å². The fourth-order valence-corrected chi connectivity index (χ4v) is 2.76. The molecular formula is C23H24N2O5. The van der Waals surface area contributed by atoms with E-state index in [-0.39, 0.29) is 6.61 Å². The van der Waals surface area contributed by atoms with Gasteiger partial charge in [-0.05, 0) is 42.6 Å². The van der Waals surface area contributed by atoms with E-state index in [9.17, 15) is 9.59 Å². The van der Waals surface area contributed by atoms with Gasteiger partial charge in [0.1, 0.15) is 18.1 Å². The predicted molar refractivity (Wildman–Crippen MR) is 113 cm³/mol. The monoisotopic (exact) mass is 408 g/mol. The van der Waals surface area contributed by atoms with Crippen molar-refractivity contribution < 1.29 is 23.8 Å². The molecule has 0 aliphatic heterocycles. The Morgan fingerprint density at radius 3 is 2.40 bits per heavy atom. The molecule has 0 aliphatic carbocycles. The first-order valence-electron chi connectivity index (χ1n) is 9.67. The van der Waals surface area contributed by atoms with E-state index in [1.54, 1.807) is 30.3 Å². The standard InChI is InChI=1S/C23H24N2O5/c1-2-28-14-15-29-19-12-10-18(11-13-19)23(27)25-24-22(26)16-30-21-9-5-7-17-6-3-4-8-20(17)21/h3-13H,2,14-16H2,1H3,(H,24,26)(H,25,27). The Labute approximate surface area is 174 Å². The second-order valence-electron chi connectivity index (χ2n) is 6.34. The van der Waals surface area contributed by atoms with Crippen LogP contribution in [0, 0.1) is 0 Å². The maximum absolute atomic E-state index is 12.2. The van der Waals surface area contributed by atoms with Crippen molar-refractivity contribution in [2.24, 2.45) is 0 Å². The number of hydrogen-bond donors (Lipinski definition) is 2. The SMILES string of the molecule is CCOCCOc1ccc(C(=O)NNC(=O)COc2cccc3ccccc23)cc1. The Morgan fingerprint density at radius 2 is 1.60 bits per heavy atom. The number of ether oxygens (including phenoxy) is 3. The topological polar surface area (TPSA) is 85.9 Å². The number of amides is 2. The summed E-state index contributed by atoms with van der Waals surface area (Å²) < 4.78 is 16.3. The summed E-state index contributed by atoms with van der Waals surface area (Å²) in [4.78, 5) is 24.2. The molecule has 0 aliphatic rings. The highest BCUT2D eigenvalue weighted by molar-refractivity contribution is 5.95. The van der Waals surface area contributed by atoms with Gasteiger partial charge in [-0.1, -0.05) is 36.4 Å². The molecule has 0 aromatic heterocycles. The van der Waals surface area contributed by atoms with Gasteiger partial charge >= 0.3 is 0 Å². The molecule has 3 aromatic rings. The average molecular weight is 408 g/mol. The van der Waals surface area contributed by atoms with Crippen molar-refractivity contribution in [3.05, 3.63) is 72.3 Å². The molecule has 0 bridgehead atoms. The Balaban J connectivity index is 1.44. The summed E-state index contributed by atoms with van der Waals surface area (Å²) in [7, 11) is 0. The van der Waals surface area contributed by atoms with E-state index in [0.29, 0.717) is 36.9 Å². The summed E-state index contributed by atoms with van der Waals surface area (Å²) in [6, 6.07) is 20.0. The molecule has 30 heavy (non-hydrogen) atoms. The molecule has 0 fully saturated rings. The summed E-state index contributed by atoms with van der Waals surface area (Å²) in [5.41, 5.74) is 5.11. The summed E-state index contributed by atoms with van der Waals surface area (Å²) in [6.45, 7) is 3.28. The second kappa shape index (κ2) is 10.8. The molecule has 0 heterocycles. The van der Waals surface area contributed by atoms with E-state index in [1.165, 1.54) is 0 Å². The molecule has 0 radical (unpaired) electrons. The highest BCUT2D eigenvalue weighted by Gasteiger charge is 2.09. The highest BCUT2D eigenvalue weighted by Crippen LogP contribution is 2.24. The van der Waals surface area contributed by atoms with Gasteiger partial charge < -0.3 is 14.2 Å². The lowest BCUT2D eigenvalue weighted by atomic mass is 10.1.